The maximum Gasteiger partial charge on any atom is 0.240 e. The summed E-state index contributed by atoms with van der Waals surface area (Å²) in [5, 5.41) is 3.26. The minimum atomic E-state index is -0.0378. The fourth-order valence-corrected chi connectivity index (χ4v) is 1.88. The summed E-state index contributed by atoms with van der Waals surface area (Å²) >= 11 is 0. The monoisotopic (exact) mass is 229 g/mol. The first-order valence-electron chi connectivity index (χ1n) is 5.90. The maximum absolute atomic E-state index is 11.9. The minimum absolute atomic E-state index is 0.0378. The van der Waals surface area contributed by atoms with Crippen molar-refractivity contribution in [2.24, 2.45) is 0 Å². The third kappa shape index (κ3) is 3.73. The van der Waals surface area contributed by atoms with Gasteiger partial charge in [-0.15, -0.1) is 0 Å². The van der Waals surface area contributed by atoms with Crippen LogP contribution in [0.4, 0.5) is 0 Å². The van der Waals surface area contributed by atoms with Gasteiger partial charge < -0.3 is 15.0 Å². The van der Waals surface area contributed by atoms with Gasteiger partial charge in [-0.25, -0.2) is 0 Å². The predicted octanol–water partition coefficient (Wildman–Crippen LogP) is -0.615. The highest BCUT2D eigenvalue weighted by atomic mass is 16.5. The molecule has 0 bridgehead atoms. The lowest BCUT2D eigenvalue weighted by Gasteiger charge is -2.36. The molecule has 94 valence electrons. The highest BCUT2D eigenvalue weighted by molar-refractivity contribution is 5.81. The third-order valence-electron chi connectivity index (χ3n) is 2.81. The highest BCUT2D eigenvalue weighted by Crippen LogP contribution is 2.05. The molecule has 1 amide bonds. The molecule has 0 spiro atoms. The van der Waals surface area contributed by atoms with Crippen molar-refractivity contribution in [2.75, 3.05) is 53.5 Å². The molecule has 1 unspecified atom stereocenters. The average Bonchev–Trinajstić information content (AvgIpc) is 2.29. The van der Waals surface area contributed by atoms with Gasteiger partial charge in [-0.2, -0.15) is 0 Å². The molecule has 1 aliphatic rings. The van der Waals surface area contributed by atoms with E-state index in [4.69, 9.17) is 4.74 Å². The summed E-state index contributed by atoms with van der Waals surface area (Å²) in [5.41, 5.74) is 0. The fourth-order valence-electron chi connectivity index (χ4n) is 1.88. The zero-order valence-corrected chi connectivity index (χ0v) is 10.5. The Morgan fingerprint density at radius 1 is 1.56 bits per heavy atom. The maximum atomic E-state index is 11.9. The Morgan fingerprint density at radius 2 is 2.31 bits per heavy atom. The number of ether oxygens (including phenoxy) is 1. The van der Waals surface area contributed by atoms with Crippen LogP contribution in [-0.2, 0) is 9.53 Å². The number of nitrogens with zero attached hydrogens (tertiary/aromatic N) is 2. The molecule has 1 atom stereocenters. The lowest BCUT2D eigenvalue weighted by molar-refractivity contribution is -0.135. The third-order valence-corrected chi connectivity index (χ3v) is 2.81. The van der Waals surface area contributed by atoms with Crippen molar-refractivity contribution in [3.8, 4) is 0 Å². The van der Waals surface area contributed by atoms with E-state index >= 15 is 0 Å². The number of carbonyl (C=O) groups excluding carboxylic acids is 1. The van der Waals surface area contributed by atoms with E-state index in [1.54, 1.807) is 19.0 Å². The Balaban J connectivity index is 2.46. The van der Waals surface area contributed by atoms with E-state index < -0.39 is 0 Å². The minimum Gasteiger partial charge on any atom is -0.380 e. The van der Waals surface area contributed by atoms with Crippen molar-refractivity contribution in [3.05, 3.63) is 0 Å². The summed E-state index contributed by atoms with van der Waals surface area (Å²) in [6, 6.07) is -0.0378. The number of amides is 1. The molecule has 16 heavy (non-hydrogen) atoms. The van der Waals surface area contributed by atoms with E-state index in [2.05, 4.69) is 10.2 Å². The first-order chi connectivity index (χ1) is 7.66. The molecule has 1 aliphatic heterocycles. The van der Waals surface area contributed by atoms with Crippen LogP contribution in [0.2, 0.25) is 0 Å². The Bertz CT molecular complexity index is 221. The van der Waals surface area contributed by atoms with Crippen molar-refractivity contribution < 1.29 is 9.53 Å². The molecule has 5 nitrogen and oxygen atoms in total. The SMILES string of the molecule is CCOCCN1CCNCC1C(=O)N(C)C. The van der Waals surface area contributed by atoms with Gasteiger partial charge in [-0.1, -0.05) is 0 Å². The topological polar surface area (TPSA) is 44.8 Å². The molecule has 0 aliphatic carbocycles. The molecule has 1 saturated heterocycles. The van der Waals surface area contributed by atoms with Crippen LogP contribution in [0.5, 0.6) is 0 Å². The summed E-state index contributed by atoms with van der Waals surface area (Å²) in [4.78, 5) is 15.8. The first-order valence-corrected chi connectivity index (χ1v) is 5.90. The van der Waals surface area contributed by atoms with Crippen molar-refractivity contribution in [1.29, 1.82) is 0 Å². The largest absolute Gasteiger partial charge is 0.380 e. The van der Waals surface area contributed by atoms with Crippen molar-refractivity contribution in [3.63, 3.8) is 0 Å². The number of carbonyl (C=O) groups is 1. The molecule has 0 aromatic heterocycles. The summed E-state index contributed by atoms with van der Waals surface area (Å²) in [6.07, 6.45) is 0. The van der Waals surface area contributed by atoms with E-state index in [-0.39, 0.29) is 11.9 Å². The standard InChI is InChI=1S/C11H23N3O2/c1-4-16-8-7-14-6-5-12-9-10(14)11(15)13(2)3/h10,12H,4-9H2,1-3H3. The second kappa shape index (κ2) is 6.83. The lowest BCUT2D eigenvalue weighted by atomic mass is 10.1. The highest BCUT2D eigenvalue weighted by Gasteiger charge is 2.29. The molecule has 1 N–H and O–H groups in total. The van der Waals surface area contributed by atoms with Crippen LogP contribution in [-0.4, -0.2) is 75.2 Å². The van der Waals surface area contributed by atoms with Crippen LogP contribution >= 0.6 is 0 Å². The van der Waals surface area contributed by atoms with Crippen LogP contribution in [0, 0.1) is 0 Å². The smallest absolute Gasteiger partial charge is 0.240 e. The molecule has 0 radical (unpaired) electrons. The predicted molar refractivity (Wildman–Crippen MR) is 63.4 cm³/mol. The summed E-state index contributed by atoms with van der Waals surface area (Å²) in [5.74, 6) is 0.170. The van der Waals surface area contributed by atoms with Gasteiger partial charge in [-0.3, -0.25) is 9.69 Å². The average molecular weight is 229 g/mol. The molecule has 5 heteroatoms. The molecule has 0 aromatic carbocycles. The van der Waals surface area contributed by atoms with Crippen molar-refractivity contribution in [2.45, 2.75) is 13.0 Å². The Labute approximate surface area is 97.7 Å². The molecule has 0 saturated carbocycles. The second-order valence-corrected chi connectivity index (χ2v) is 4.19. The number of hydrogen-bond acceptors (Lipinski definition) is 4. The number of hydrogen-bond donors (Lipinski definition) is 1. The van der Waals surface area contributed by atoms with Crippen LogP contribution < -0.4 is 5.32 Å². The van der Waals surface area contributed by atoms with Crippen LogP contribution in [0.25, 0.3) is 0 Å². The van der Waals surface area contributed by atoms with Gasteiger partial charge in [0.05, 0.1) is 6.61 Å². The lowest BCUT2D eigenvalue weighted by Crippen LogP contribution is -2.58. The van der Waals surface area contributed by atoms with Crippen molar-refractivity contribution >= 4 is 5.91 Å². The van der Waals surface area contributed by atoms with Gasteiger partial charge in [0, 0.05) is 46.9 Å². The number of rotatable bonds is 5. The second-order valence-electron chi connectivity index (χ2n) is 4.19. The normalized spacial score (nSPS) is 22.1. The Kier molecular flexibility index (Phi) is 5.73. The van der Waals surface area contributed by atoms with Crippen molar-refractivity contribution in [1.82, 2.24) is 15.1 Å². The van der Waals surface area contributed by atoms with Gasteiger partial charge in [0.15, 0.2) is 0 Å². The van der Waals surface area contributed by atoms with E-state index in [0.717, 1.165) is 32.8 Å². The molecule has 0 aromatic rings. The Morgan fingerprint density at radius 3 is 2.94 bits per heavy atom. The zero-order chi connectivity index (χ0) is 12.0. The Hall–Kier alpha value is -0.650. The molecular formula is C11H23N3O2. The van der Waals surface area contributed by atoms with E-state index in [9.17, 15) is 4.79 Å². The molecule has 1 fully saturated rings. The number of likely N-dealkylation sites (N-methyl/N-ethyl adjacent to an activating group) is 1. The zero-order valence-electron chi connectivity index (χ0n) is 10.5. The summed E-state index contributed by atoms with van der Waals surface area (Å²) in [6.45, 7) is 6.86. The summed E-state index contributed by atoms with van der Waals surface area (Å²) < 4.78 is 5.34. The summed E-state index contributed by atoms with van der Waals surface area (Å²) in [7, 11) is 3.61. The first kappa shape index (κ1) is 13.4. The van der Waals surface area contributed by atoms with Gasteiger partial charge >= 0.3 is 0 Å². The molecular weight excluding hydrogens is 206 g/mol. The van der Waals surface area contributed by atoms with Crippen LogP contribution in [0.15, 0.2) is 0 Å². The van der Waals surface area contributed by atoms with Gasteiger partial charge in [0.1, 0.15) is 6.04 Å². The van der Waals surface area contributed by atoms with Crippen LogP contribution in [0.3, 0.4) is 0 Å². The number of piperazine rings is 1. The quantitative estimate of drug-likeness (QED) is 0.639. The van der Waals surface area contributed by atoms with E-state index in [0.29, 0.717) is 6.61 Å². The van der Waals surface area contributed by atoms with Gasteiger partial charge in [-0.05, 0) is 6.92 Å². The number of nitrogens with one attached hydrogen (secondary N) is 1. The van der Waals surface area contributed by atoms with Gasteiger partial charge in [0.2, 0.25) is 5.91 Å². The fraction of sp³-hybridized carbons (Fsp3) is 0.909. The van der Waals surface area contributed by atoms with Gasteiger partial charge in [0.25, 0.3) is 0 Å². The van der Waals surface area contributed by atoms with E-state index in [1.807, 2.05) is 6.92 Å². The van der Waals surface area contributed by atoms with Crippen LogP contribution in [0.1, 0.15) is 6.92 Å². The van der Waals surface area contributed by atoms with E-state index in [1.165, 1.54) is 0 Å². The molecule has 1 heterocycles. The molecule has 1 rings (SSSR count).